The van der Waals surface area contributed by atoms with Crippen LogP contribution in [0.4, 0.5) is 13.2 Å². The first kappa shape index (κ1) is 9.25. The van der Waals surface area contributed by atoms with Crippen LogP contribution in [0.1, 0.15) is 16.8 Å². The zero-order valence-electron chi connectivity index (χ0n) is 5.89. The van der Waals surface area contributed by atoms with E-state index in [2.05, 4.69) is 0 Å². The molecule has 12 heavy (non-hydrogen) atoms. The van der Waals surface area contributed by atoms with E-state index >= 15 is 0 Å². The van der Waals surface area contributed by atoms with Crippen LogP contribution >= 0.6 is 11.3 Å². The van der Waals surface area contributed by atoms with Crippen LogP contribution in [0.15, 0.2) is 16.8 Å². The molecule has 0 aliphatic carbocycles. The van der Waals surface area contributed by atoms with Crippen molar-refractivity contribution in [1.29, 1.82) is 0 Å². The highest BCUT2D eigenvalue weighted by Gasteiger charge is 2.31. The Kier molecular flexibility index (Phi) is 2.52. The van der Waals surface area contributed by atoms with Crippen molar-refractivity contribution in [3.05, 3.63) is 22.4 Å². The van der Waals surface area contributed by atoms with E-state index in [0.29, 0.717) is 0 Å². The number of rotatable bonds is 2. The van der Waals surface area contributed by atoms with Crippen LogP contribution in [0.5, 0.6) is 0 Å². The molecule has 0 fully saturated rings. The predicted octanol–water partition coefficient (Wildman–Crippen LogP) is 2.88. The molecule has 0 N–H and O–H groups in total. The molecule has 0 bridgehead atoms. The number of hydrogen-bond donors (Lipinski definition) is 0. The number of alkyl halides is 3. The van der Waals surface area contributed by atoms with E-state index in [1.54, 1.807) is 5.38 Å². The van der Waals surface area contributed by atoms with E-state index in [1.165, 1.54) is 22.8 Å². The molecular weight excluding hydrogens is 189 g/mol. The van der Waals surface area contributed by atoms with Gasteiger partial charge in [-0.2, -0.15) is 24.5 Å². The molecular formula is C7H5F3OS. The molecule has 0 saturated heterocycles. The van der Waals surface area contributed by atoms with Gasteiger partial charge in [-0.1, -0.05) is 0 Å². The van der Waals surface area contributed by atoms with Gasteiger partial charge in [-0.05, 0) is 11.4 Å². The highest BCUT2D eigenvalue weighted by atomic mass is 32.1. The molecule has 66 valence electrons. The van der Waals surface area contributed by atoms with Crippen LogP contribution in [-0.4, -0.2) is 12.0 Å². The molecule has 5 heteroatoms. The molecule has 0 aromatic carbocycles. The lowest BCUT2D eigenvalue weighted by Crippen LogP contribution is -2.14. The summed E-state index contributed by atoms with van der Waals surface area (Å²) in [5, 5.41) is 2.98. The number of halogens is 3. The second kappa shape index (κ2) is 3.26. The summed E-state index contributed by atoms with van der Waals surface area (Å²) in [6, 6.07) is 1.39. The van der Waals surface area contributed by atoms with Gasteiger partial charge < -0.3 is 0 Å². The molecule has 0 spiro atoms. The zero-order chi connectivity index (χ0) is 9.19. The Morgan fingerprint density at radius 1 is 1.50 bits per heavy atom. The van der Waals surface area contributed by atoms with Crippen molar-refractivity contribution in [2.75, 3.05) is 0 Å². The second-order valence-corrected chi connectivity index (χ2v) is 3.01. The largest absolute Gasteiger partial charge is 0.396 e. The summed E-state index contributed by atoms with van der Waals surface area (Å²) in [6.45, 7) is 0. The van der Waals surface area contributed by atoms with E-state index in [-0.39, 0.29) is 5.56 Å². The number of carbonyl (C=O) groups excluding carboxylic acids is 1. The van der Waals surface area contributed by atoms with Gasteiger partial charge in [0.25, 0.3) is 0 Å². The number of hydrogen-bond acceptors (Lipinski definition) is 2. The molecule has 1 aromatic rings. The fourth-order valence-electron chi connectivity index (χ4n) is 0.707. The Bertz CT molecular complexity index is 263. The van der Waals surface area contributed by atoms with Gasteiger partial charge in [0.2, 0.25) is 0 Å². The molecule has 0 unspecified atom stereocenters. The summed E-state index contributed by atoms with van der Waals surface area (Å²) in [4.78, 5) is 10.8. The smallest absolute Gasteiger partial charge is 0.294 e. The summed E-state index contributed by atoms with van der Waals surface area (Å²) in [5.41, 5.74) is 0.136. The fourth-order valence-corrected chi connectivity index (χ4v) is 1.37. The van der Waals surface area contributed by atoms with Crippen molar-refractivity contribution in [3.63, 3.8) is 0 Å². The third-order valence-corrected chi connectivity index (χ3v) is 1.89. The molecule has 1 aromatic heterocycles. The quantitative estimate of drug-likeness (QED) is 0.661. The molecule has 1 heterocycles. The minimum Gasteiger partial charge on any atom is -0.294 e. The van der Waals surface area contributed by atoms with Crippen LogP contribution in [0.3, 0.4) is 0 Å². The summed E-state index contributed by atoms with van der Waals surface area (Å²) >= 11 is 1.21. The Hall–Kier alpha value is -0.840. The number of ketones is 1. The van der Waals surface area contributed by atoms with Crippen molar-refractivity contribution in [1.82, 2.24) is 0 Å². The lowest BCUT2D eigenvalue weighted by molar-refractivity contribution is -0.125. The van der Waals surface area contributed by atoms with Gasteiger partial charge in [-0.15, -0.1) is 0 Å². The van der Waals surface area contributed by atoms with Gasteiger partial charge in [0.15, 0.2) is 5.78 Å². The van der Waals surface area contributed by atoms with Crippen LogP contribution in [0.2, 0.25) is 0 Å². The van der Waals surface area contributed by atoms with E-state index in [1.807, 2.05) is 0 Å². The maximum Gasteiger partial charge on any atom is 0.396 e. The summed E-state index contributed by atoms with van der Waals surface area (Å²) in [6.07, 6.45) is -5.78. The van der Waals surface area contributed by atoms with Crippen molar-refractivity contribution in [3.8, 4) is 0 Å². The van der Waals surface area contributed by atoms with Gasteiger partial charge in [0.05, 0.1) is 0 Å². The Labute approximate surface area is 70.8 Å². The van der Waals surface area contributed by atoms with Crippen molar-refractivity contribution in [2.24, 2.45) is 0 Å². The molecule has 0 aliphatic heterocycles. The molecule has 0 amide bonds. The summed E-state index contributed by atoms with van der Waals surface area (Å²) in [7, 11) is 0. The SMILES string of the molecule is O=C(CC(F)(F)F)c1ccsc1. The standard InChI is InChI=1S/C7H5F3OS/c8-7(9,10)3-6(11)5-1-2-12-4-5/h1-2,4H,3H2. The minimum atomic E-state index is -4.40. The van der Waals surface area contributed by atoms with Gasteiger partial charge in [0, 0.05) is 10.9 Å². The van der Waals surface area contributed by atoms with E-state index in [9.17, 15) is 18.0 Å². The topological polar surface area (TPSA) is 17.1 Å². The molecule has 0 saturated carbocycles. The lowest BCUT2D eigenvalue weighted by atomic mass is 10.2. The summed E-state index contributed by atoms with van der Waals surface area (Å²) < 4.78 is 35.0. The average Bonchev–Trinajstić information content (AvgIpc) is 2.32. The first-order valence-electron chi connectivity index (χ1n) is 3.11. The van der Waals surface area contributed by atoms with E-state index < -0.39 is 18.4 Å². The zero-order valence-corrected chi connectivity index (χ0v) is 6.71. The van der Waals surface area contributed by atoms with Crippen LogP contribution < -0.4 is 0 Å². The average molecular weight is 194 g/mol. The summed E-state index contributed by atoms with van der Waals surface area (Å²) in [5.74, 6) is -0.872. The van der Waals surface area contributed by atoms with Gasteiger partial charge in [-0.3, -0.25) is 4.79 Å². The number of carbonyl (C=O) groups is 1. The predicted molar refractivity (Wildman–Crippen MR) is 39.3 cm³/mol. The van der Waals surface area contributed by atoms with Crippen LogP contribution in [0, 0.1) is 0 Å². The lowest BCUT2D eigenvalue weighted by Gasteiger charge is -2.02. The van der Waals surface area contributed by atoms with E-state index in [0.717, 1.165) is 0 Å². The molecule has 0 aliphatic rings. The number of Topliss-reactive ketones (excluding diaryl/α,β-unsaturated/α-hetero) is 1. The molecule has 0 radical (unpaired) electrons. The molecule has 1 rings (SSSR count). The Balaban J connectivity index is 2.63. The number of thiophene rings is 1. The first-order valence-corrected chi connectivity index (χ1v) is 4.05. The normalized spacial score (nSPS) is 11.6. The van der Waals surface area contributed by atoms with Gasteiger partial charge >= 0.3 is 6.18 Å². The maximum atomic E-state index is 11.7. The Morgan fingerprint density at radius 3 is 2.58 bits per heavy atom. The fraction of sp³-hybridized carbons (Fsp3) is 0.286. The third kappa shape index (κ3) is 2.65. The van der Waals surface area contributed by atoms with Crippen molar-refractivity contribution >= 4 is 17.1 Å². The highest BCUT2D eigenvalue weighted by molar-refractivity contribution is 7.08. The van der Waals surface area contributed by atoms with Crippen molar-refractivity contribution < 1.29 is 18.0 Å². The third-order valence-electron chi connectivity index (χ3n) is 1.20. The van der Waals surface area contributed by atoms with Gasteiger partial charge in [-0.25, -0.2) is 0 Å². The second-order valence-electron chi connectivity index (χ2n) is 2.23. The van der Waals surface area contributed by atoms with Crippen LogP contribution in [0.25, 0.3) is 0 Å². The van der Waals surface area contributed by atoms with Crippen LogP contribution in [-0.2, 0) is 0 Å². The molecule has 0 atom stereocenters. The maximum absolute atomic E-state index is 11.7. The first-order chi connectivity index (χ1) is 5.49. The van der Waals surface area contributed by atoms with Crippen molar-refractivity contribution in [2.45, 2.75) is 12.6 Å². The Morgan fingerprint density at radius 2 is 2.17 bits per heavy atom. The van der Waals surface area contributed by atoms with E-state index in [4.69, 9.17) is 0 Å². The highest BCUT2D eigenvalue weighted by Crippen LogP contribution is 2.22. The molecule has 1 nitrogen and oxygen atoms in total. The monoisotopic (exact) mass is 194 g/mol. The van der Waals surface area contributed by atoms with Gasteiger partial charge in [0.1, 0.15) is 6.42 Å². The minimum absolute atomic E-state index is 0.136.